The highest BCUT2D eigenvalue weighted by Gasteiger charge is 2.18. The Morgan fingerprint density at radius 1 is 1.45 bits per heavy atom. The van der Waals surface area contributed by atoms with E-state index in [2.05, 4.69) is 6.58 Å². The zero-order valence-electron chi connectivity index (χ0n) is 7.87. The summed E-state index contributed by atoms with van der Waals surface area (Å²) in [5, 5.41) is 0. The van der Waals surface area contributed by atoms with Crippen LogP contribution in [0.1, 0.15) is 34.1 Å². The van der Waals surface area contributed by atoms with Gasteiger partial charge >= 0.3 is 0 Å². The molecule has 0 aliphatic rings. The first kappa shape index (κ1) is 10.4. The molecular weight excluding hydrogens is 139 g/mol. The number of allylic oxidation sites excluding steroid dienone is 3. The molecule has 0 aliphatic heterocycles. The molecule has 0 fully saturated rings. The van der Waals surface area contributed by atoms with Crippen molar-refractivity contribution in [2.45, 2.75) is 34.1 Å². The minimum atomic E-state index is -0.306. The molecule has 0 bridgehead atoms. The van der Waals surface area contributed by atoms with E-state index < -0.39 is 0 Å². The zero-order valence-corrected chi connectivity index (χ0v) is 7.87. The van der Waals surface area contributed by atoms with Crippen LogP contribution in [0.5, 0.6) is 0 Å². The SMILES string of the molecule is C=C(F)/C(=C\CC)C(C)(C)C. The molecule has 0 aromatic carbocycles. The molecule has 0 saturated heterocycles. The lowest BCUT2D eigenvalue weighted by Gasteiger charge is -2.21. The Labute approximate surface area is 68.8 Å². The Morgan fingerprint density at radius 3 is 2.00 bits per heavy atom. The van der Waals surface area contributed by atoms with Gasteiger partial charge in [0.2, 0.25) is 0 Å². The van der Waals surface area contributed by atoms with Crippen molar-refractivity contribution in [2.75, 3.05) is 0 Å². The molecular formula is C10H17F. The number of halogens is 1. The van der Waals surface area contributed by atoms with Gasteiger partial charge in [0.05, 0.1) is 0 Å². The summed E-state index contributed by atoms with van der Waals surface area (Å²) in [6.45, 7) is 11.3. The largest absolute Gasteiger partial charge is 0.207 e. The Bertz CT molecular complexity index is 170. The molecule has 0 saturated carbocycles. The molecule has 0 atom stereocenters. The van der Waals surface area contributed by atoms with Gasteiger partial charge in [0.15, 0.2) is 0 Å². The molecule has 0 rings (SSSR count). The van der Waals surface area contributed by atoms with Gasteiger partial charge in [-0.25, -0.2) is 4.39 Å². The second-order valence-corrected chi connectivity index (χ2v) is 3.68. The van der Waals surface area contributed by atoms with Gasteiger partial charge in [0.1, 0.15) is 5.83 Å². The maximum Gasteiger partial charge on any atom is 0.119 e. The number of rotatable bonds is 2. The molecule has 0 aromatic rings. The Balaban J connectivity index is 4.63. The predicted octanol–water partition coefficient (Wildman–Crippen LogP) is 3.85. The fourth-order valence-electron chi connectivity index (χ4n) is 1.03. The van der Waals surface area contributed by atoms with Gasteiger partial charge in [0, 0.05) is 0 Å². The van der Waals surface area contributed by atoms with Gasteiger partial charge in [-0.3, -0.25) is 0 Å². The topological polar surface area (TPSA) is 0 Å². The molecule has 0 heterocycles. The quantitative estimate of drug-likeness (QED) is 0.533. The molecule has 0 aliphatic carbocycles. The van der Waals surface area contributed by atoms with Gasteiger partial charge in [0.25, 0.3) is 0 Å². The van der Waals surface area contributed by atoms with E-state index in [0.717, 1.165) is 12.0 Å². The van der Waals surface area contributed by atoms with E-state index >= 15 is 0 Å². The number of hydrogen-bond acceptors (Lipinski definition) is 0. The van der Waals surface area contributed by atoms with Crippen molar-refractivity contribution in [2.24, 2.45) is 5.41 Å². The van der Waals surface area contributed by atoms with Crippen molar-refractivity contribution in [3.05, 3.63) is 24.1 Å². The molecule has 11 heavy (non-hydrogen) atoms. The molecule has 0 nitrogen and oxygen atoms in total. The fourth-order valence-corrected chi connectivity index (χ4v) is 1.03. The molecule has 1 heteroatoms. The van der Waals surface area contributed by atoms with E-state index in [-0.39, 0.29) is 11.2 Å². The van der Waals surface area contributed by atoms with Crippen LogP contribution in [0.25, 0.3) is 0 Å². The molecule has 0 spiro atoms. The normalized spacial score (nSPS) is 13.4. The molecule has 0 aromatic heterocycles. The third-order valence-corrected chi connectivity index (χ3v) is 1.51. The lowest BCUT2D eigenvalue weighted by molar-refractivity contribution is 0.473. The molecule has 0 radical (unpaired) electrons. The summed E-state index contributed by atoms with van der Waals surface area (Å²) in [5.41, 5.74) is 0.599. The second kappa shape index (κ2) is 3.70. The van der Waals surface area contributed by atoms with E-state index in [1.807, 2.05) is 33.8 Å². The summed E-state index contributed by atoms with van der Waals surface area (Å²) in [4.78, 5) is 0. The summed E-state index contributed by atoms with van der Waals surface area (Å²) in [5.74, 6) is -0.306. The molecule has 0 amide bonds. The second-order valence-electron chi connectivity index (χ2n) is 3.68. The van der Waals surface area contributed by atoms with Gasteiger partial charge in [-0.05, 0) is 17.4 Å². The van der Waals surface area contributed by atoms with Crippen LogP contribution in [0.15, 0.2) is 24.1 Å². The smallest absolute Gasteiger partial charge is 0.119 e. The first-order valence-electron chi connectivity index (χ1n) is 3.95. The summed E-state index contributed by atoms with van der Waals surface area (Å²) in [6.07, 6.45) is 2.75. The Hall–Kier alpha value is -0.590. The maximum absolute atomic E-state index is 12.8. The van der Waals surface area contributed by atoms with Crippen LogP contribution in [-0.2, 0) is 0 Å². The average molecular weight is 156 g/mol. The summed E-state index contributed by atoms with van der Waals surface area (Å²) in [7, 11) is 0. The van der Waals surface area contributed by atoms with Gasteiger partial charge < -0.3 is 0 Å². The minimum Gasteiger partial charge on any atom is -0.207 e. The van der Waals surface area contributed by atoms with Crippen LogP contribution in [0.3, 0.4) is 0 Å². The summed E-state index contributed by atoms with van der Waals surface area (Å²) >= 11 is 0. The van der Waals surface area contributed by atoms with Gasteiger partial charge in [-0.15, -0.1) is 0 Å². The minimum absolute atomic E-state index is 0.123. The van der Waals surface area contributed by atoms with Gasteiger partial charge in [-0.2, -0.15) is 0 Å². The van der Waals surface area contributed by atoms with E-state index in [9.17, 15) is 4.39 Å². The first-order valence-corrected chi connectivity index (χ1v) is 3.95. The molecule has 0 unspecified atom stereocenters. The Morgan fingerprint density at radius 2 is 1.91 bits per heavy atom. The number of hydrogen-bond donors (Lipinski definition) is 0. The predicted molar refractivity (Wildman–Crippen MR) is 48.1 cm³/mol. The summed E-state index contributed by atoms with van der Waals surface area (Å²) in [6, 6.07) is 0. The van der Waals surface area contributed by atoms with E-state index in [1.165, 1.54) is 0 Å². The van der Waals surface area contributed by atoms with E-state index in [4.69, 9.17) is 0 Å². The molecule has 0 N–H and O–H groups in total. The van der Waals surface area contributed by atoms with Crippen molar-refractivity contribution in [1.82, 2.24) is 0 Å². The fraction of sp³-hybridized carbons (Fsp3) is 0.600. The van der Waals surface area contributed by atoms with Crippen molar-refractivity contribution in [3.63, 3.8) is 0 Å². The third-order valence-electron chi connectivity index (χ3n) is 1.51. The average Bonchev–Trinajstić information content (AvgIpc) is 1.79. The monoisotopic (exact) mass is 156 g/mol. The third kappa shape index (κ3) is 3.35. The maximum atomic E-state index is 12.8. The van der Waals surface area contributed by atoms with Crippen molar-refractivity contribution >= 4 is 0 Å². The van der Waals surface area contributed by atoms with Crippen LogP contribution in [-0.4, -0.2) is 0 Å². The standard InChI is InChI=1S/C10H17F/c1-6-7-9(8(2)11)10(3,4)5/h7H,2,6H2,1,3-5H3/b9-7+. The van der Waals surface area contributed by atoms with Crippen LogP contribution in [0, 0.1) is 5.41 Å². The van der Waals surface area contributed by atoms with Crippen molar-refractivity contribution in [3.8, 4) is 0 Å². The summed E-state index contributed by atoms with van der Waals surface area (Å²) < 4.78 is 12.8. The van der Waals surface area contributed by atoms with Crippen LogP contribution in [0.2, 0.25) is 0 Å². The zero-order chi connectivity index (χ0) is 9.07. The van der Waals surface area contributed by atoms with Crippen molar-refractivity contribution in [1.29, 1.82) is 0 Å². The highest BCUT2D eigenvalue weighted by atomic mass is 19.1. The van der Waals surface area contributed by atoms with Gasteiger partial charge in [-0.1, -0.05) is 40.3 Å². The lowest BCUT2D eigenvalue weighted by atomic mass is 9.85. The highest BCUT2D eigenvalue weighted by Crippen LogP contribution is 2.31. The van der Waals surface area contributed by atoms with Crippen molar-refractivity contribution < 1.29 is 4.39 Å². The van der Waals surface area contributed by atoms with Crippen LogP contribution in [0.4, 0.5) is 4.39 Å². The Kier molecular flexibility index (Phi) is 3.50. The van der Waals surface area contributed by atoms with E-state index in [0.29, 0.717) is 0 Å². The van der Waals surface area contributed by atoms with Crippen LogP contribution < -0.4 is 0 Å². The lowest BCUT2D eigenvalue weighted by Crippen LogP contribution is -2.09. The van der Waals surface area contributed by atoms with E-state index in [1.54, 1.807) is 0 Å². The highest BCUT2D eigenvalue weighted by molar-refractivity contribution is 5.27. The molecule has 64 valence electrons. The first-order chi connectivity index (χ1) is 4.89. The van der Waals surface area contributed by atoms with Crippen LogP contribution >= 0.6 is 0 Å².